The number of hydrogen-bond acceptors (Lipinski definition) is 1. The van der Waals surface area contributed by atoms with E-state index in [1.54, 1.807) is 0 Å². The van der Waals surface area contributed by atoms with Gasteiger partial charge in [-0.25, -0.2) is 0 Å². The van der Waals surface area contributed by atoms with Crippen LogP contribution in [-0.4, -0.2) is 37.5 Å². The Morgan fingerprint density at radius 3 is 2.52 bits per heavy atom. The molecule has 3 aliphatic rings. The first-order chi connectivity index (χ1) is 9.81. The lowest BCUT2D eigenvalue weighted by atomic mass is 9.68. The zero-order valence-corrected chi connectivity index (χ0v) is 15.9. The summed E-state index contributed by atoms with van der Waals surface area (Å²) < 4.78 is 0. The van der Waals surface area contributed by atoms with Gasteiger partial charge in [-0.2, -0.15) is 0 Å². The van der Waals surface area contributed by atoms with E-state index in [1.165, 1.54) is 77.3 Å². The molecule has 1 heterocycles. The smallest absolute Gasteiger partial charge is 0.193 e. The van der Waals surface area contributed by atoms with Crippen molar-refractivity contribution in [2.45, 2.75) is 64.2 Å². The number of hydrogen-bond donors (Lipinski definition) is 1. The zero-order valence-electron chi connectivity index (χ0n) is 13.6. The van der Waals surface area contributed by atoms with Crippen LogP contribution < -0.4 is 5.32 Å². The van der Waals surface area contributed by atoms with Crippen LogP contribution in [-0.2, 0) is 0 Å². The predicted molar refractivity (Wildman–Crippen MR) is 100 cm³/mol. The highest BCUT2D eigenvalue weighted by molar-refractivity contribution is 14.0. The molecule has 0 amide bonds. The molecular formula is C17H32IN3. The Labute approximate surface area is 147 Å². The van der Waals surface area contributed by atoms with Gasteiger partial charge in [0.05, 0.1) is 0 Å². The van der Waals surface area contributed by atoms with E-state index in [2.05, 4.69) is 15.2 Å². The molecule has 1 N–H and O–H groups in total. The van der Waals surface area contributed by atoms with Gasteiger partial charge in [-0.3, -0.25) is 4.99 Å². The van der Waals surface area contributed by atoms with E-state index in [9.17, 15) is 0 Å². The summed E-state index contributed by atoms with van der Waals surface area (Å²) in [6, 6.07) is 0. The fourth-order valence-electron chi connectivity index (χ4n) is 4.42. The van der Waals surface area contributed by atoms with Gasteiger partial charge in [-0.1, -0.05) is 32.1 Å². The van der Waals surface area contributed by atoms with E-state index in [4.69, 9.17) is 0 Å². The number of halogens is 1. The van der Waals surface area contributed by atoms with Crippen molar-refractivity contribution in [2.75, 3.05) is 26.7 Å². The molecule has 1 aliphatic heterocycles. The summed E-state index contributed by atoms with van der Waals surface area (Å²) in [6.45, 7) is 3.56. The van der Waals surface area contributed by atoms with Crippen LogP contribution in [0.4, 0.5) is 0 Å². The van der Waals surface area contributed by atoms with Crippen LogP contribution in [0.5, 0.6) is 0 Å². The topological polar surface area (TPSA) is 27.6 Å². The Kier molecular flexibility index (Phi) is 6.63. The van der Waals surface area contributed by atoms with E-state index < -0.39 is 0 Å². The molecule has 3 nitrogen and oxygen atoms in total. The minimum absolute atomic E-state index is 0. The summed E-state index contributed by atoms with van der Waals surface area (Å²) in [6.07, 6.45) is 14.3. The SMILES string of the molecule is CN=C(NCCCC1CCCC1)N1CCC2(CCC2)C1.I. The molecule has 0 bridgehead atoms. The Morgan fingerprint density at radius 1 is 1.19 bits per heavy atom. The minimum atomic E-state index is 0. The van der Waals surface area contributed by atoms with Gasteiger partial charge in [0.1, 0.15) is 0 Å². The third kappa shape index (κ3) is 4.26. The van der Waals surface area contributed by atoms with Crippen LogP contribution >= 0.6 is 24.0 Å². The van der Waals surface area contributed by atoms with Crippen LogP contribution in [0.25, 0.3) is 0 Å². The van der Waals surface area contributed by atoms with E-state index >= 15 is 0 Å². The maximum atomic E-state index is 4.49. The molecule has 122 valence electrons. The van der Waals surface area contributed by atoms with Crippen molar-refractivity contribution in [3.63, 3.8) is 0 Å². The molecule has 1 spiro atoms. The lowest BCUT2D eigenvalue weighted by Gasteiger charge is -2.38. The standard InChI is InChI=1S/C17H31N3.HI/c1-18-16(19-12-4-8-15-6-2-3-7-15)20-13-11-17(14-20)9-5-10-17;/h15H,2-14H2,1H3,(H,18,19);1H. The molecule has 2 saturated carbocycles. The maximum Gasteiger partial charge on any atom is 0.193 e. The van der Waals surface area contributed by atoms with Crippen molar-refractivity contribution in [3.05, 3.63) is 0 Å². The van der Waals surface area contributed by atoms with Crippen molar-refractivity contribution in [1.82, 2.24) is 10.2 Å². The van der Waals surface area contributed by atoms with Crippen molar-refractivity contribution < 1.29 is 0 Å². The van der Waals surface area contributed by atoms with Crippen LogP contribution in [0.15, 0.2) is 4.99 Å². The molecule has 0 atom stereocenters. The number of nitrogens with zero attached hydrogens (tertiary/aromatic N) is 2. The highest BCUT2D eigenvalue weighted by atomic mass is 127. The summed E-state index contributed by atoms with van der Waals surface area (Å²) in [4.78, 5) is 6.99. The summed E-state index contributed by atoms with van der Waals surface area (Å²) in [5, 5.41) is 3.60. The quantitative estimate of drug-likeness (QED) is 0.331. The molecule has 0 aromatic carbocycles. The lowest BCUT2D eigenvalue weighted by Crippen LogP contribution is -2.42. The van der Waals surface area contributed by atoms with E-state index in [-0.39, 0.29) is 24.0 Å². The minimum Gasteiger partial charge on any atom is -0.356 e. The number of guanidine groups is 1. The molecule has 0 radical (unpaired) electrons. The molecule has 0 aromatic rings. The van der Waals surface area contributed by atoms with Gasteiger partial charge in [-0.15, -0.1) is 24.0 Å². The first-order valence-electron chi connectivity index (χ1n) is 8.77. The number of rotatable bonds is 4. The third-order valence-electron chi connectivity index (χ3n) is 5.91. The first kappa shape index (κ1) is 17.4. The largest absolute Gasteiger partial charge is 0.356 e. The molecule has 3 fully saturated rings. The molecule has 1 saturated heterocycles. The molecule has 21 heavy (non-hydrogen) atoms. The van der Waals surface area contributed by atoms with Gasteiger partial charge in [-0.05, 0) is 43.4 Å². The first-order valence-corrected chi connectivity index (χ1v) is 8.77. The van der Waals surface area contributed by atoms with Crippen LogP contribution in [0.2, 0.25) is 0 Å². The second-order valence-corrected chi connectivity index (χ2v) is 7.29. The molecular weight excluding hydrogens is 373 g/mol. The maximum absolute atomic E-state index is 4.49. The van der Waals surface area contributed by atoms with Crippen molar-refractivity contribution in [3.8, 4) is 0 Å². The van der Waals surface area contributed by atoms with Crippen LogP contribution in [0, 0.1) is 11.3 Å². The fourth-order valence-corrected chi connectivity index (χ4v) is 4.42. The molecule has 3 rings (SSSR count). The summed E-state index contributed by atoms with van der Waals surface area (Å²) in [5.74, 6) is 2.17. The van der Waals surface area contributed by atoms with Gasteiger partial charge in [0.25, 0.3) is 0 Å². The Morgan fingerprint density at radius 2 is 1.95 bits per heavy atom. The number of likely N-dealkylation sites (tertiary alicyclic amines) is 1. The van der Waals surface area contributed by atoms with Gasteiger partial charge < -0.3 is 10.2 Å². The summed E-state index contributed by atoms with van der Waals surface area (Å²) in [5.41, 5.74) is 0.668. The predicted octanol–water partition coefficient (Wildman–Crippen LogP) is 4.03. The van der Waals surface area contributed by atoms with Gasteiger partial charge in [0.2, 0.25) is 0 Å². The summed E-state index contributed by atoms with van der Waals surface area (Å²) in [7, 11) is 1.94. The van der Waals surface area contributed by atoms with E-state index in [0.29, 0.717) is 5.41 Å². The Bertz CT molecular complexity index is 346. The fraction of sp³-hybridized carbons (Fsp3) is 0.941. The zero-order chi connectivity index (χ0) is 13.8. The number of aliphatic imine (C=N–C) groups is 1. The van der Waals surface area contributed by atoms with Crippen molar-refractivity contribution in [2.24, 2.45) is 16.3 Å². The van der Waals surface area contributed by atoms with Crippen molar-refractivity contribution >= 4 is 29.9 Å². The van der Waals surface area contributed by atoms with E-state index in [0.717, 1.165) is 18.4 Å². The van der Waals surface area contributed by atoms with Gasteiger partial charge in [0, 0.05) is 26.7 Å². The second-order valence-electron chi connectivity index (χ2n) is 7.29. The normalized spacial score (nSPS) is 25.0. The second kappa shape index (κ2) is 8.02. The van der Waals surface area contributed by atoms with Crippen LogP contribution in [0.1, 0.15) is 64.2 Å². The highest BCUT2D eigenvalue weighted by Crippen LogP contribution is 2.47. The monoisotopic (exact) mass is 405 g/mol. The van der Waals surface area contributed by atoms with Gasteiger partial charge in [0.15, 0.2) is 5.96 Å². The third-order valence-corrected chi connectivity index (χ3v) is 5.91. The van der Waals surface area contributed by atoms with E-state index in [1.807, 2.05) is 7.05 Å². The Balaban J connectivity index is 0.00000161. The highest BCUT2D eigenvalue weighted by Gasteiger charge is 2.43. The molecule has 4 heteroatoms. The van der Waals surface area contributed by atoms with Crippen molar-refractivity contribution in [1.29, 1.82) is 0 Å². The molecule has 0 unspecified atom stereocenters. The molecule has 2 aliphatic carbocycles. The lowest BCUT2D eigenvalue weighted by molar-refractivity contribution is 0.151. The number of nitrogens with one attached hydrogen (secondary N) is 1. The summed E-state index contributed by atoms with van der Waals surface area (Å²) >= 11 is 0. The molecule has 0 aromatic heterocycles. The average Bonchev–Trinajstić information content (AvgIpc) is 3.07. The van der Waals surface area contributed by atoms with Gasteiger partial charge >= 0.3 is 0 Å². The Hall–Kier alpha value is 0. The average molecular weight is 405 g/mol. The van der Waals surface area contributed by atoms with Crippen LogP contribution in [0.3, 0.4) is 0 Å².